The molecule has 0 radical (unpaired) electrons. The normalized spacial score (nSPS) is 20.0. The summed E-state index contributed by atoms with van der Waals surface area (Å²) >= 11 is 0. The number of piperidine rings is 1. The first-order valence-corrected chi connectivity index (χ1v) is 7.63. The fourth-order valence-electron chi connectivity index (χ4n) is 3.23. The largest absolute Gasteiger partial charge is 0.481 e. The third-order valence-corrected chi connectivity index (χ3v) is 4.34. The topological polar surface area (TPSA) is 53.7 Å². The molecule has 4 nitrogen and oxygen atoms in total. The van der Waals surface area contributed by atoms with Gasteiger partial charge in [0, 0.05) is 30.5 Å². The van der Waals surface area contributed by atoms with Gasteiger partial charge in [-0.15, -0.1) is 0 Å². The number of hydrogen-bond acceptors (Lipinski definition) is 3. The number of para-hydroxylation sites is 1. The minimum atomic E-state index is -0.674. The summed E-state index contributed by atoms with van der Waals surface area (Å²) in [6.07, 6.45) is 2.60. The molecule has 1 atom stereocenters. The van der Waals surface area contributed by atoms with Gasteiger partial charge in [0.25, 0.3) is 0 Å². The molecule has 1 fully saturated rings. The number of hydrogen-bond donors (Lipinski definition) is 1. The van der Waals surface area contributed by atoms with E-state index in [9.17, 15) is 9.90 Å². The van der Waals surface area contributed by atoms with Crippen LogP contribution in [0.4, 0.5) is 0 Å². The van der Waals surface area contributed by atoms with E-state index >= 15 is 0 Å². The fourth-order valence-corrected chi connectivity index (χ4v) is 3.23. The molecule has 4 heteroatoms. The van der Waals surface area contributed by atoms with Crippen molar-refractivity contribution < 1.29 is 14.3 Å². The van der Waals surface area contributed by atoms with Crippen LogP contribution in [-0.4, -0.2) is 29.1 Å². The lowest BCUT2D eigenvalue weighted by Gasteiger charge is -2.30. The lowest BCUT2D eigenvalue weighted by Crippen LogP contribution is -2.38. The van der Waals surface area contributed by atoms with Crippen LogP contribution in [0.15, 0.2) is 28.7 Å². The van der Waals surface area contributed by atoms with Gasteiger partial charge in [-0.3, -0.25) is 9.69 Å². The van der Waals surface area contributed by atoms with E-state index < -0.39 is 5.97 Å². The minimum absolute atomic E-state index is 0.234. The third kappa shape index (κ3) is 2.81. The van der Waals surface area contributed by atoms with Gasteiger partial charge in [0.1, 0.15) is 11.3 Å². The van der Waals surface area contributed by atoms with Crippen LogP contribution in [0.3, 0.4) is 0 Å². The molecule has 0 bridgehead atoms. The van der Waals surface area contributed by atoms with Crippen LogP contribution in [0.5, 0.6) is 0 Å². The van der Waals surface area contributed by atoms with Crippen molar-refractivity contribution in [3.63, 3.8) is 0 Å². The zero-order chi connectivity index (χ0) is 14.8. The molecule has 112 valence electrons. The van der Waals surface area contributed by atoms with Crippen molar-refractivity contribution in [2.75, 3.05) is 13.1 Å². The molecule has 2 aromatic rings. The van der Waals surface area contributed by atoms with Gasteiger partial charge < -0.3 is 9.52 Å². The molecular weight excluding hydrogens is 266 g/mol. The van der Waals surface area contributed by atoms with E-state index in [0.717, 1.165) is 49.1 Å². The monoisotopic (exact) mass is 287 g/mol. The first kappa shape index (κ1) is 14.1. The highest BCUT2D eigenvalue weighted by atomic mass is 16.4. The molecule has 0 spiro atoms. The summed E-state index contributed by atoms with van der Waals surface area (Å²) < 4.78 is 5.92. The van der Waals surface area contributed by atoms with Crippen molar-refractivity contribution in [3.8, 4) is 0 Å². The molecule has 2 heterocycles. The Balaban J connectivity index is 1.85. The minimum Gasteiger partial charge on any atom is -0.481 e. The Hall–Kier alpha value is -1.81. The number of carboxylic acids is 1. The van der Waals surface area contributed by atoms with Crippen LogP contribution < -0.4 is 0 Å². The van der Waals surface area contributed by atoms with E-state index in [-0.39, 0.29) is 5.92 Å². The quantitative estimate of drug-likeness (QED) is 0.937. The van der Waals surface area contributed by atoms with Crippen LogP contribution in [0.25, 0.3) is 11.0 Å². The van der Waals surface area contributed by atoms with Gasteiger partial charge >= 0.3 is 5.97 Å². The molecule has 1 aliphatic rings. The summed E-state index contributed by atoms with van der Waals surface area (Å²) in [6.45, 7) is 4.48. The van der Waals surface area contributed by atoms with Gasteiger partial charge in [-0.25, -0.2) is 0 Å². The molecule has 1 saturated heterocycles. The zero-order valence-corrected chi connectivity index (χ0v) is 12.3. The zero-order valence-electron chi connectivity index (χ0n) is 12.3. The van der Waals surface area contributed by atoms with Crippen molar-refractivity contribution in [3.05, 3.63) is 35.6 Å². The summed E-state index contributed by atoms with van der Waals surface area (Å²) in [5.74, 6) is 0.114. The van der Waals surface area contributed by atoms with Crippen molar-refractivity contribution in [2.45, 2.75) is 32.7 Å². The van der Waals surface area contributed by atoms with Gasteiger partial charge in [0.2, 0.25) is 0 Å². The van der Waals surface area contributed by atoms with Crippen molar-refractivity contribution in [1.82, 2.24) is 4.90 Å². The number of aryl methyl sites for hydroxylation is 1. The van der Waals surface area contributed by atoms with Crippen LogP contribution in [0.1, 0.15) is 31.1 Å². The molecule has 0 amide bonds. The van der Waals surface area contributed by atoms with E-state index in [0.29, 0.717) is 6.54 Å². The first-order chi connectivity index (χ1) is 10.2. The highest BCUT2D eigenvalue weighted by Crippen LogP contribution is 2.29. The van der Waals surface area contributed by atoms with E-state index in [2.05, 4.69) is 17.9 Å². The summed E-state index contributed by atoms with van der Waals surface area (Å²) in [7, 11) is 0. The Morgan fingerprint density at radius 1 is 1.43 bits per heavy atom. The lowest BCUT2D eigenvalue weighted by molar-refractivity contribution is -0.143. The summed E-state index contributed by atoms with van der Waals surface area (Å²) in [5.41, 5.74) is 2.15. The standard InChI is InChI=1S/C17H21NO3/c1-2-15-14(13-7-3-4-8-16(13)21-15)11-18-9-5-6-12(10-18)17(19)20/h3-4,7-8,12H,2,5-6,9-11H2,1H3,(H,19,20). The Bertz CT molecular complexity index is 647. The Labute approximate surface area is 124 Å². The maximum absolute atomic E-state index is 11.2. The predicted octanol–water partition coefficient (Wildman–Crippen LogP) is 3.29. The number of carbonyl (C=O) groups is 1. The predicted molar refractivity (Wildman–Crippen MR) is 81.2 cm³/mol. The average Bonchev–Trinajstić information content (AvgIpc) is 2.86. The second kappa shape index (κ2) is 5.90. The van der Waals surface area contributed by atoms with Gasteiger partial charge in [-0.2, -0.15) is 0 Å². The highest BCUT2D eigenvalue weighted by molar-refractivity contribution is 5.82. The van der Waals surface area contributed by atoms with E-state index in [1.807, 2.05) is 18.2 Å². The molecule has 1 N–H and O–H groups in total. The van der Waals surface area contributed by atoms with Crippen molar-refractivity contribution in [1.29, 1.82) is 0 Å². The molecule has 1 aromatic carbocycles. The average molecular weight is 287 g/mol. The van der Waals surface area contributed by atoms with Crippen LogP contribution in [0, 0.1) is 5.92 Å². The van der Waals surface area contributed by atoms with Crippen LogP contribution in [-0.2, 0) is 17.8 Å². The summed E-state index contributed by atoms with van der Waals surface area (Å²) in [6, 6.07) is 8.09. The Morgan fingerprint density at radius 2 is 2.24 bits per heavy atom. The second-order valence-electron chi connectivity index (χ2n) is 5.77. The number of carboxylic acid groups (broad SMARTS) is 1. The van der Waals surface area contributed by atoms with Crippen molar-refractivity contribution >= 4 is 16.9 Å². The molecule has 1 aliphatic heterocycles. The van der Waals surface area contributed by atoms with Crippen LogP contribution in [0.2, 0.25) is 0 Å². The SMILES string of the molecule is CCc1oc2ccccc2c1CN1CCCC(C(=O)O)C1. The van der Waals surface area contributed by atoms with Gasteiger partial charge in [-0.05, 0) is 25.5 Å². The first-order valence-electron chi connectivity index (χ1n) is 7.63. The molecule has 1 unspecified atom stereocenters. The van der Waals surface area contributed by atoms with Gasteiger partial charge in [0.15, 0.2) is 0 Å². The van der Waals surface area contributed by atoms with Gasteiger partial charge in [-0.1, -0.05) is 25.1 Å². The number of benzene rings is 1. The maximum Gasteiger partial charge on any atom is 0.307 e. The highest BCUT2D eigenvalue weighted by Gasteiger charge is 2.26. The van der Waals surface area contributed by atoms with E-state index in [4.69, 9.17) is 4.42 Å². The van der Waals surface area contributed by atoms with Crippen LogP contribution >= 0.6 is 0 Å². The Morgan fingerprint density at radius 3 is 3.00 bits per heavy atom. The number of rotatable bonds is 4. The number of nitrogens with zero attached hydrogens (tertiary/aromatic N) is 1. The molecule has 0 aliphatic carbocycles. The number of furan rings is 1. The third-order valence-electron chi connectivity index (χ3n) is 4.34. The van der Waals surface area contributed by atoms with Gasteiger partial charge in [0.05, 0.1) is 5.92 Å². The van der Waals surface area contributed by atoms with E-state index in [1.165, 1.54) is 5.56 Å². The molecule has 3 rings (SSSR count). The maximum atomic E-state index is 11.2. The Kier molecular flexibility index (Phi) is 3.97. The molecule has 21 heavy (non-hydrogen) atoms. The number of fused-ring (bicyclic) bond motifs is 1. The number of aliphatic carboxylic acids is 1. The number of likely N-dealkylation sites (tertiary alicyclic amines) is 1. The molecule has 0 saturated carbocycles. The molecule has 1 aromatic heterocycles. The summed E-state index contributed by atoms with van der Waals surface area (Å²) in [4.78, 5) is 13.4. The van der Waals surface area contributed by atoms with E-state index in [1.54, 1.807) is 0 Å². The van der Waals surface area contributed by atoms with Crippen molar-refractivity contribution in [2.24, 2.45) is 5.92 Å². The lowest BCUT2D eigenvalue weighted by atomic mass is 9.97. The smallest absolute Gasteiger partial charge is 0.307 e. The summed E-state index contributed by atoms with van der Waals surface area (Å²) in [5, 5.41) is 10.4. The second-order valence-corrected chi connectivity index (χ2v) is 5.77. The molecular formula is C17H21NO3. The fraction of sp³-hybridized carbons (Fsp3) is 0.471.